The van der Waals surface area contributed by atoms with E-state index < -0.39 is 30.1 Å². The zero-order valence-corrected chi connectivity index (χ0v) is 12.8. The Morgan fingerprint density at radius 1 is 1.41 bits per heavy atom. The lowest BCUT2D eigenvalue weighted by atomic mass is 10.0. The molecular formula is C12H17N3O6S. The molecule has 0 radical (unpaired) electrons. The van der Waals surface area contributed by atoms with E-state index in [0.717, 1.165) is 0 Å². The van der Waals surface area contributed by atoms with Crippen molar-refractivity contribution in [3.05, 3.63) is 15.9 Å². The normalized spacial score (nSPS) is 28.4. The molecule has 0 saturated carbocycles. The molecular weight excluding hydrogens is 314 g/mol. The van der Waals surface area contributed by atoms with Crippen LogP contribution in [0.25, 0.3) is 0 Å². The number of carbonyl (C=O) groups is 1. The van der Waals surface area contributed by atoms with E-state index in [4.69, 9.17) is 4.74 Å². The summed E-state index contributed by atoms with van der Waals surface area (Å²) in [6.07, 6.45) is -3.08. The fourth-order valence-corrected chi connectivity index (χ4v) is 2.61. The molecule has 2 rings (SSSR count). The molecule has 4 N–H and O–H groups in total. The third-order valence-electron chi connectivity index (χ3n) is 3.36. The Kier molecular flexibility index (Phi) is 5.19. The lowest BCUT2D eigenvalue weighted by molar-refractivity contribution is -0.178. The molecule has 1 aromatic heterocycles. The molecule has 0 amide bonds. The number of rotatable bonds is 4. The van der Waals surface area contributed by atoms with Crippen molar-refractivity contribution in [2.45, 2.75) is 29.7 Å². The highest BCUT2D eigenvalue weighted by molar-refractivity contribution is 7.98. The van der Waals surface area contributed by atoms with Crippen molar-refractivity contribution in [3.63, 3.8) is 0 Å². The van der Waals surface area contributed by atoms with Crippen molar-refractivity contribution < 1.29 is 24.9 Å². The number of aromatic nitrogens is 2. The Bertz CT molecular complexity index is 622. The van der Waals surface area contributed by atoms with Crippen molar-refractivity contribution in [2.75, 3.05) is 18.2 Å². The minimum atomic E-state index is -1.44. The number of nitrogens with zero attached hydrogens (tertiary/aromatic N) is 2. The van der Waals surface area contributed by atoms with Gasteiger partial charge in [-0.2, -0.15) is 0 Å². The van der Waals surface area contributed by atoms with Gasteiger partial charge in [0.2, 0.25) is 0 Å². The number of aldehydes is 1. The van der Waals surface area contributed by atoms with Gasteiger partial charge in [0.25, 0.3) is 5.56 Å². The van der Waals surface area contributed by atoms with Crippen LogP contribution in [0, 0.1) is 0 Å². The first-order valence-electron chi connectivity index (χ1n) is 6.43. The van der Waals surface area contributed by atoms with E-state index in [2.05, 4.69) is 10.3 Å². The fourth-order valence-electron chi connectivity index (χ4n) is 2.07. The molecule has 0 aromatic carbocycles. The maximum atomic E-state index is 12.1. The minimum absolute atomic E-state index is 0.0462. The third kappa shape index (κ3) is 3.01. The van der Waals surface area contributed by atoms with Crippen LogP contribution in [0.1, 0.15) is 10.4 Å². The molecule has 1 saturated heterocycles. The molecule has 1 fully saturated rings. The van der Waals surface area contributed by atoms with Gasteiger partial charge in [0.1, 0.15) is 29.7 Å². The Labute approximate surface area is 129 Å². The zero-order valence-electron chi connectivity index (χ0n) is 12.0. The summed E-state index contributed by atoms with van der Waals surface area (Å²) in [6, 6.07) is 0. The van der Waals surface area contributed by atoms with Crippen molar-refractivity contribution in [1.29, 1.82) is 0 Å². The average Bonchev–Trinajstić information content (AvgIpc) is 2.51. The van der Waals surface area contributed by atoms with Crippen molar-refractivity contribution >= 4 is 23.9 Å². The first kappa shape index (κ1) is 16.9. The minimum Gasteiger partial charge on any atom is -0.388 e. The summed E-state index contributed by atoms with van der Waals surface area (Å²) in [4.78, 5) is 27.4. The fraction of sp³-hybridized carbons (Fsp3) is 0.583. The first-order chi connectivity index (χ1) is 10.4. The van der Waals surface area contributed by atoms with Gasteiger partial charge in [-0.15, -0.1) is 0 Å². The van der Waals surface area contributed by atoms with E-state index in [1.54, 1.807) is 6.26 Å². The number of anilines is 1. The van der Waals surface area contributed by atoms with E-state index in [-0.39, 0.29) is 18.0 Å². The summed E-state index contributed by atoms with van der Waals surface area (Å²) in [6.45, 7) is -0.202. The number of nitrogens with one attached hydrogen (secondary N) is 1. The van der Waals surface area contributed by atoms with Gasteiger partial charge in [0, 0.05) is 7.05 Å². The van der Waals surface area contributed by atoms with Gasteiger partial charge in [0.15, 0.2) is 17.7 Å². The maximum absolute atomic E-state index is 12.1. The summed E-state index contributed by atoms with van der Waals surface area (Å²) in [5.74, 6) is -0.0462. The smallest absolute Gasteiger partial charge is 0.266 e. The van der Waals surface area contributed by atoms with Gasteiger partial charge >= 0.3 is 0 Å². The molecule has 22 heavy (non-hydrogen) atoms. The summed E-state index contributed by atoms with van der Waals surface area (Å²) in [5.41, 5.74) is -0.751. The van der Waals surface area contributed by atoms with Gasteiger partial charge in [0.05, 0.1) is 6.61 Å². The highest BCUT2D eigenvalue weighted by Gasteiger charge is 2.38. The van der Waals surface area contributed by atoms with Gasteiger partial charge in [-0.05, 0) is 6.26 Å². The monoisotopic (exact) mass is 331 g/mol. The molecule has 4 atom stereocenters. The summed E-state index contributed by atoms with van der Waals surface area (Å²) < 4.78 is 6.41. The number of thioether (sulfide) groups is 1. The standard InChI is InChI=1S/C12H17N3O6S/c1-15-11(20)5(3-16)9(14-12(15)22-2)13-10-8(19)7(18)6(17)4-21-10/h3,6-8,10,13,17-19H,4H2,1-2H3/t6-,7-,8+,10+/m1/s1. The number of hydrogen-bond acceptors (Lipinski definition) is 9. The first-order valence-corrected chi connectivity index (χ1v) is 7.65. The number of hydrogen-bond donors (Lipinski definition) is 4. The second-order valence-electron chi connectivity index (χ2n) is 4.79. The quantitative estimate of drug-likeness (QED) is 0.285. The zero-order chi connectivity index (χ0) is 16.4. The predicted octanol–water partition coefficient (Wildman–Crippen LogP) is -1.83. The third-order valence-corrected chi connectivity index (χ3v) is 4.10. The molecule has 10 heteroatoms. The van der Waals surface area contributed by atoms with E-state index in [1.165, 1.54) is 23.4 Å². The molecule has 9 nitrogen and oxygen atoms in total. The summed E-state index contributed by atoms with van der Waals surface area (Å²) in [5, 5.41) is 31.9. The van der Waals surface area contributed by atoms with E-state index in [0.29, 0.717) is 11.4 Å². The molecule has 1 aliphatic heterocycles. The molecule has 0 spiro atoms. The van der Waals surface area contributed by atoms with Gasteiger partial charge in [-0.25, -0.2) is 4.98 Å². The van der Waals surface area contributed by atoms with Crippen LogP contribution in [0.4, 0.5) is 5.82 Å². The Morgan fingerprint density at radius 2 is 2.09 bits per heavy atom. The van der Waals surface area contributed by atoms with Crippen molar-refractivity contribution in [1.82, 2.24) is 9.55 Å². The van der Waals surface area contributed by atoms with E-state index >= 15 is 0 Å². The van der Waals surface area contributed by atoms with Crippen LogP contribution in [-0.4, -0.2) is 68.6 Å². The van der Waals surface area contributed by atoms with Crippen molar-refractivity contribution in [2.24, 2.45) is 7.05 Å². The summed E-state index contributed by atoms with van der Waals surface area (Å²) >= 11 is 1.21. The van der Waals surface area contributed by atoms with Crippen LogP contribution in [-0.2, 0) is 11.8 Å². The Hall–Kier alpha value is -1.46. The van der Waals surface area contributed by atoms with Gasteiger partial charge < -0.3 is 25.4 Å². The van der Waals surface area contributed by atoms with E-state index in [1.807, 2.05) is 0 Å². The lowest BCUT2D eigenvalue weighted by Crippen LogP contribution is -2.55. The molecule has 0 bridgehead atoms. The predicted molar refractivity (Wildman–Crippen MR) is 78.0 cm³/mol. The number of aliphatic hydroxyl groups excluding tert-OH is 3. The molecule has 2 heterocycles. The largest absolute Gasteiger partial charge is 0.388 e. The van der Waals surface area contributed by atoms with Gasteiger partial charge in [-0.1, -0.05) is 11.8 Å². The topological polar surface area (TPSA) is 134 Å². The second kappa shape index (κ2) is 6.75. The van der Waals surface area contributed by atoms with Crippen molar-refractivity contribution in [3.8, 4) is 0 Å². The molecule has 0 unspecified atom stereocenters. The average molecular weight is 331 g/mol. The molecule has 0 aliphatic carbocycles. The maximum Gasteiger partial charge on any atom is 0.266 e. The molecule has 122 valence electrons. The number of carbonyl (C=O) groups excluding carboxylic acids is 1. The van der Waals surface area contributed by atoms with Crippen LogP contribution in [0.15, 0.2) is 9.95 Å². The highest BCUT2D eigenvalue weighted by atomic mass is 32.2. The molecule has 1 aromatic rings. The van der Waals surface area contributed by atoms with Crippen LogP contribution >= 0.6 is 11.8 Å². The highest BCUT2D eigenvalue weighted by Crippen LogP contribution is 2.20. The van der Waals surface area contributed by atoms with Crippen LogP contribution in [0.3, 0.4) is 0 Å². The SMILES string of the molecule is CSc1nc(N[C@H]2OC[C@@H](O)[C@@H](O)[C@@H]2O)c(C=O)c(=O)n1C. The van der Waals surface area contributed by atoms with Crippen LogP contribution in [0.5, 0.6) is 0 Å². The Balaban J connectivity index is 2.35. The molecule has 1 aliphatic rings. The number of aliphatic hydroxyl groups is 3. The lowest BCUT2D eigenvalue weighted by Gasteiger charge is -2.35. The van der Waals surface area contributed by atoms with E-state index in [9.17, 15) is 24.9 Å². The summed E-state index contributed by atoms with van der Waals surface area (Å²) in [7, 11) is 1.49. The van der Waals surface area contributed by atoms with Gasteiger partial charge in [-0.3, -0.25) is 14.2 Å². The van der Waals surface area contributed by atoms with Crippen LogP contribution in [0.2, 0.25) is 0 Å². The second-order valence-corrected chi connectivity index (χ2v) is 5.56. The Morgan fingerprint density at radius 3 is 2.68 bits per heavy atom. The van der Waals surface area contributed by atoms with Crippen LogP contribution < -0.4 is 10.9 Å². The number of ether oxygens (including phenoxy) is 1.